The number of H-pyrrole nitrogens is 1. The van der Waals surface area contributed by atoms with Crippen molar-refractivity contribution >= 4 is 52.9 Å². The molecule has 0 aliphatic heterocycles. The third kappa shape index (κ3) is 5.15. The first kappa shape index (κ1) is 32.3. The fraction of sp³-hybridized carbons (Fsp3) is 0.105. The van der Waals surface area contributed by atoms with Crippen LogP contribution >= 0.6 is 0 Å². The largest absolute Gasteiger partial charge is 0.497 e. The lowest BCUT2D eigenvalue weighted by Gasteiger charge is -2.12. The highest BCUT2D eigenvalue weighted by Crippen LogP contribution is 2.42. The van der Waals surface area contributed by atoms with Gasteiger partial charge in [0.05, 0.1) is 40.9 Å². The SMILES string of the molecule is COc1ccc2[nH]cc(-c3cc4c(-c5cn(S(=O)(=O)c6ccc(C)cc6)c6ccc(OC)cc56)ncnc4n3S(=O)(=O)c3ccc(C)cc3)c2c1. The Morgan fingerprint density at radius 2 is 1.25 bits per heavy atom. The van der Waals surface area contributed by atoms with Crippen molar-refractivity contribution < 1.29 is 26.3 Å². The Kier molecular flexibility index (Phi) is 7.51. The van der Waals surface area contributed by atoms with E-state index < -0.39 is 20.0 Å². The van der Waals surface area contributed by atoms with Crippen LogP contribution in [0, 0.1) is 13.8 Å². The zero-order valence-electron chi connectivity index (χ0n) is 27.9. The molecule has 8 rings (SSSR count). The number of nitrogens with zero attached hydrogens (tertiary/aromatic N) is 4. The van der Waals surface area contributed by atoms with Crippen molar-refractivity contribution in [3.8, 4) is 34.0 Å². The molecule has 256 valence electrons. The van der Waals surface area contributed by atoms with E-state index in [1.54, 1.807) is 86.1 Å². The number of nitrogens with one attached hydrogen (secondary N) is 1. The fourth-order valence-electron chi connectivity index (χ4n) is 6.41. The normalized spacial score (nSPS) is 12.2. The first-order valence-electron chi connectivity index (χ1n) is 15.9. The van der Waals surface area contributed by atoms with Gasteiger partial charge in [-0.25, -0.2) is 34.7 Å². The third-order valence-electron chi connectivity index (χ3n) is 9.09. The molecule has 0 saturated carbocycles. The van der Waals surface area contributed by atoms with Gasteiger partial charge >= 0.3 is 0 Å². The summed E-state index contributed by atoms with van der Waals surface area (Å²) in [7, 11) is -5.19. The minimum atomic E-state index is -4.23. The van der Waals surface area contributed by atoms with Crippen molar-refractivity contribution in [2.45, 2.75) is 23.6 Å². The van der Waals surface area contributed by atoms with Gasteiger partial charge < -0.3 is 14.5 Å². The van der Waals surface area contributed by atoms with E-state index in [4.69, 9.17) is 9.47 Å². The summed E-state index contributed by atoms with van der Waals surface area (Å²) >= 11 is 0. The van der Waals surface area contributed by atoms with Crippen LogP contribution in [-0.4, -0.2) is 54.0 Å². The average molecular weight is 718 g/mol. The molecule has 51 heavy (non-hydrogen) atoms. The minimum Gasteiger partial charge on any atom is -0.497 e. The van der Waals surface area contributed by atoms with Crippen LogP contribution in [0.2, 0.25) is 0 Å². The number of hydrogen-bond acceptors (Lipinski definition) is 8. The average Bonchev–Trinajstić information content (AvgIpc) is 3.85. The molecule has 13 heteroatoms. The topological polar surface area (TPSA) is 138 Å². The Labute approximate surface area is 293 Å². The van der Waals surface area contributed by atoms with Crippen molar-refractivity contribution in [1.82, 2.24) is 22.9 Å². The highest BCUT2D eigenvalue weighted by Gasteiger charge is 2.30. The van der Waals surface area contributed by atoms with Crippen LogP contribution < -0.4 is 9.47 Å². The summed E-state index contributed by atoms with van der Waals surface area (Å²) in [6.07, 6.45) is 4.55. The number of benzene rings is 4. The van der Waals surface area contributed by atoms with Gasteiger partial charge in [0.15, 0.2) is 5.65 Å². The van der Waals surface area contributed by atoms with Crippen LogP contribution in [-0.2, 0) is 20.0 Å². The van der Waals surface area contributed by atoms with Crippen LogP contribution in [0.3, 0.4) is 0 Å². The van der Waals surface area contributed by atoms with Crippen LogP contribution in [0.25, 0.3) is 55.4 Å². The molecule has 4 aromatic carbocycles. The first-order valence-corrected chi connectivity index (χ1v) is 18.7. The molecule has 0 aliphatic rings. The fourth-order valence-corrected chi connectivity index (χ4v) is 9.25. The van der Waals surface area contributed by atoms with Gasteiger partial charge in [-0.3, -0.25) is 0 Å². The van der Waals surface area contributed by atoms with Crippen molar-refractivity contribution in [3.05, 3.63) is 121 Å². The summed E-state index contributed by atoms with van der Waals surface area (Å²) in [6.45, 7) is 3.77. The molecule has 0 bridgehead atoms. The van der Waals surface area contributed by atoms with Crippen LogP contribution in [0.15, 0.2) is 120 Å². The second-order valence-corrected chi connectivity index (χ2v) is 15.8. The maximum absolute atomic E-state index is 14.6. The number of aromatic nitrogens is 5. The Bertz CT molecular complexity index is 2870. The van der Waals surface area contributed by atoms with E-state index in [1.807, 2.05) is 32.0 Å². The predicted molar refractivity (Wildman–Crippen MR) is 196 cm³/mol. The Balaban J connectivity index is 1.45. The number of ether oxygens (including phenoxy) is 2. The smallest absolute Gasteiger partial charge is 0.269 e. The summed E-state index contributed by atoms with van der Waals surface area (Å²) in [4.78, 5) is 12.6. The second kappa shape index (κ2) is 11.9. The summed E-state index contributed by atoms with van der Waals surface area (Å²) < 4.78 is 71.0. The minimum absolute atomic E-state index is 0.0787. The molecular formula is C38H31N5O6S2. The Morgan fingerprint density at radius 3 is 1.90 bits per heavy atom. The van der Waals surface area contributed by atoms with E-state index in [9.17, 15) is 16.8 Å². The van der Waals surface area contributed by atoms with Gasteiger partial charge in [0.1, 0.15) is 17.8 Å². The first-order chi connectivity index (χ1) is 24.5. The maximum atomic E-state index is 14.6. The lowest BCUT2D eigenvalue weighted by molar-refractivity contribution is 0.415. The van der Waals surface area contributed by atoms with E-state index in [0.717, 1.165) is 22.0 Å². The van der Waals surface area contributed by atoms with E-state index in [0.29, 0.717) is 50.3 Å². The van der Waals surface area contributed by atoms with E-state index in [-0.39, 0.29) is 15.4 Å². The molecule has 11 nitrogen and oxygen atoms in total. The maximum Gasteiger partial charge on any atom is 0.269 e. The second-order valence-electron chi connectivity index (χ2n) is 12.2. The highest BCUT2D eigenvalue weighted by molar-refractivity contribution is 7.90. The molecule has 0 spiro atoms. The van der Waals surface area contributed by atoms with Crippen molar-refractivity contribution in [2.75, 3.05) is 14.2 Å². The Morgan fingerprint density at radius 1 is 0.647 bits per heavy atom. The Hall–Kier alpha value is -5.92. The van der Waals surface area contributed by atoms with Gasteiger partial charge in [0, 0.05) is 45.2 Å². The molecule has 0 unspecified atom stereocenters. The molecular weight excluding hydrogens is 687 g/mol. The zero-order valence-corrected chi connectivity index (χ0v) is 29.6. The van der Waals surface area contributed by atoms with Crippen LogP contribution in [0.4, 0.5) is 0 Å². The number of rotatable bonds is 8. The van der Waals surface area contributed by atoms with Gasteiger partial charge in [-0.05, 0) is 80.6 Å². The van der Waals surface area contributed by atoms with Gasteiger partial charge in [-0.15, -0.1) is 0 Å². The standard InChI is InChI=1S/C38H31N5O6S2/c1-23-5-11-27(12-6-23)50(44,45)42-21-33(30-18-26(49-4)10-16-35(30)42)37-31-19-36(32-20-39-34-15-9-25(48-3)17-29(32)34)43(38(31)41-22-40-37)51(46,47)28-13-7-24(2)8-14-28/h5-22,39H,1-4H3. The summed E-state index contributed by atoms with van der Waals surface area (Å²) in [5, 5.41) is 1.67. The molecule has 4 aromatic heterocycles. The number of aromatic amines is 1. The van der Waals surface area contributed by atoms with Crippen LogP contribution in [0.5, 0.6) is 11.5 Å². The molecule has 0 radical (unpaired) electrons. The highest BCUT2D eigenvalue weighted by atomic mass is 32.2. The lowest BCUT2D eigenvalue weighted by Crippen LogP contribution is -2.14. The molecule has 0 atom stereocenters. The number of methoxy groups -OCH3 is 2. The summed E-state index contributed by atoms with van der Waals surface area (Å²) in [5.74, 6) is 1.11. The lowest BCUT2D eigenvalue weighted by atomic mass is 10.1. The molecule has 4 heterocycles. The molecule has 0 saturated heterocycles. The molecule has 0 amide bonds. The number of fused-ring (bicyclic) bond motifs is 3. The van der Waals surface area contributed by atoms with Gasteiger partial charge in [-0.1, -0.05) is 35.4 Å². The zero-order chi connectivity index (χ0) is 35.7. The molecule has 0 aliphatic carbocycles. The van der Waals surface area contributed by atoms with E-state index in [1.165, 1.54) is 27.6 Å². The van der Waals surface area contributed by atoms with Gasteiger partial charge in [0.25, 0.3) is 20.0 Å². The van der Waals surface area contributed by atoms with E-state index in [2.05, 4.69) is 15.0 Å². The quantitative estimate of drug-likeness (QED) is 0.173. The van der Waals surface area contributed by atoms with E-state index >= 15 is 0 Å². The van der Waals surface area contributed by atoms with Crippen molar-refractivity contribution in [3.63, 3.8) is 0 Å². The van der Waals surface area contributed by atoms with Crippen LogP contribution in [0.1, 0.15) is 11.1 Å². The molecule has 1 N–H and O–H groups in total. The van der Waals surface area contributed by atoms with Crippen molar-refractivity contribution in [2.24, 2.45) is 0 Å². The third-order valence-corrected chi connectivity index (χ3v) is 12.5. The number of hydrogen-bond donors (Lipinski definition) is 1. The van der Waals surface area contributed by atoms with Gasteiger partial charge in [-0.2, -0.15) is 0 Å². The molecule has 8 aromatic rings. The van der Waals surface area contributed by atoms with Gasteiger partial charge in [0.2, 0.25) is 0 Å². The molecule has 0 fully saturated rings. The monoisotopic (exact) mass is 717 g/mol. The number of aryl methyl sites for hydroxylation is 2. The summed E-state index contributed by atoms with van der Waals surface area (Å²) in [5.41, 5.74) is 4.85. The summed E-state index contributed by atoms with van der Waals surface area (Å²) in [6, 6.07) is 25.6. The predicted octanol–water partition coefficient (Wildman–Crippen LogP) is 7.31. The van der Waals surface area contributed by atoms with Crippen molar-refractivity contribution in [1.29, 1.82) is 0 Å².